The fraction of sp³-hybridized carbons (Fsp3) is 0.240. The van der Waals surface area contributed by atoms with Crippen LogP contribution in [0.2, 0.25) is 0 Å². The predicted octanol–water partition coefficient (Wildman–Crippen LogP) is 3.35. The minimum Gasteiger partial charge on any atom is -0.508 e. The Morgan fingerprint density at radius 3 is 1.81 bits per heavy atom. The summed E-state index contributed by atoms with van der Waals surface area (Å²) in [5, 5.41) is 39.2. The molecule has 164 valence electrons. The van der Waals surface area contributed by atoms with Gasteiger partial charge in [0.2, 0.25) is 0 Å². The highest BCUT2D eigenvalue weighted by Crippen LogP contribution is 2.40. The monoisotopic (exact) mass is 432 g/mol. The van der Waals surface area contributed by atoms with E-state index in [2.05, 4.69) is 4.90 Å². The molecule has 0 saturated carbocycles. The Labute approximate surface area is 185 Å². The van der Waals surface area contributed by atoms with Gasteiger partial charge in [-0.3, -0.25) is 4.79 Å². The van der Waals surface area contributed by atoms with Crippen LogP contribution < -0.4 is 4.90 Å². The summed E-state index contributed by atoms with van der Waals surface area (Å²) in [6.07, 6.45) is 0. The SMILES string of the molecule is O=C(c1ccccc1N1CC(c2ccc(O)cc2O)C1)N1CC(c2ccc(O)cc2O)C1. The number of para-hydroxylation sites is 1. The summed E-state index contributed by atoms with van der Waals surface area (Å²) in [4.78, 5) is 17.1. The molecule has 3 aromatic carbocycles. The van der Waals surface area contributed by atoms with Crippen LogP contribution in [-0.2, 0) is 0 Å². The molecule has 32 heavy (non-hydrogen) atoms. The third-order valence-electron chi connectivity index (χ3n) is 6.43. The first-order valence-electron chi connectivity index (χ1n) is 10.6. The molecule has 5 rings (SSSR count). The number of nitrogens with zero attached hydrogens (tertiary/aromatic N) is 2. The van der Waals surface area contributed by atoms with Crippen LogP contribution >= 0.6 is 0 Å². The molecule has 0 radical (unpaired) electrons. The fourth-order valence-electron chi connectivity index (χ4n) is 4.57. The van der Waals surface area contributed by atoms with Crippen LogP contribution in [0.1, 0.15) is 33.3 Å². The number of carbonyl (C=O) groups is 1. The normalized spacial score (nSPS) is 16.5. The quantitative estimate of drug-likeness (QED) is 0.504. The van der Waals surface area contributed by atoms with Gasteiger partial charge in [-0.2, -0.15) is 0 Å². The number of anilines is 1. The number of aromatic hydroxyl groups is 4. The van der Waals surface area contributed by atoms with Crippen molar-refractivity contribution in [3.8, 4) is 23.0 Å². The summed E-state index contributed by atoms with van der Waals surface area (Å²) < 4.78 is 0. The molecule has 2 heterocycles. The standard InChI is InChI=1S/C25H24N2O5/c28-17-5-7-19(23(30)9-17)15-11-26(12-15)22-4-2-1-3-21(22)25(32)27-13-16(14-27)20-8-6-18(29)10-24(20)31/h1-10,15-16,28-31H,11-14H2. The van der Waals surface area contributed by atoms with Crippen molar-refractivity contribution in [2.45, 2.75) is 11.8 Å². The van der Waals surface area contributed by atoms with Crippen molar-refractivity contribution < 1.29 is 25.2 Å². The summed E-state index contributed by atoms with van der Waals surface area (Å²) in [6, 6.07) is 16.7. The lowest BCUT2D eigenvalue weighted by Gasteiger charge is -2.44. The second-order valence-corrected chi connectivity index (χ2v) is 8.51. The minimum absolute atomic E-state index is 0.0147. The molecule has 2 saturated heterocycles. The van der Waals surface area contributed by atoms with Gasteiger partial charge in [-0.1, -0.05) is 24.3 Å². The van der Waals surface area contributed by atoms with E-state index in [1.807, 2.05) is 24.3 Å². The van der Waals surface area contributed by atoms with E-state index in [1.54, 1.807) is 29.2 Å². The molecule has 2 aliphatic rings. The highest BCUT2D eigenvalue weighted by atomic mass is 16.3. The molecule has 7 heteroatoms. The van der Waals surface area contributed by atoms with Gasteiger partial charge < -0.3 is 30.2 Å². The van der Waals surface area contributed by atoms with Crippen molar-refractivity contribution in [2.24, 2.45) is 0 Å². The maximum Gasteiger partial charge on any atom is 0.256 e. The maximum atomic E-state index is 13.2. The van der Waals surface area contributed by atoms with Crippen LogP contribution in [0.25, 0.3) is 0 Å². The second kappa shape index (κ2) is 7.67. The van der Waals surface area contributed by atoms with Crippen LogP contribution in [-0.4, -0.2) is 57.4 Å². The molecular weight excluding hydrogens is 408 g/mol. The van der Waals surface area contributed by atoms with Crippen LogP contribution in [0, 0.1) is 0 Å². The van der Waals surface area contributed by atoms with E-state index < -0.39 is 0 Å². The molecule has 3 aromatic rings. The van der Waals surface area contributed by atoms with E-state index in [0.717, 1.165) is 16.8 Å². The summed E-state index contributed by atoms with van der Waals surface area (Å²) in [5.74, 6) is 0.302. The number of amides is 1. The molecule has 4 N–H and O–H groups in total. The van der Waals surface area contributed by atoms with Gasteiger partial charge in [0.25, 0.3) is 5.91 Å². The molecule has 0 spiro atoms. The Bertz CT molecular complexity index is 1180. The van der Waals surface area contributed by atoms with E-state index in [4.69, 9.17) is 0 Å². The average molecular weight is 432 g/mol. The van der Waals surface area contributed by atoms with Gasteiger partial charge in [0.05, 0.1) is 5.56 Å². The molecule has 0 bridgehead atoms. The summed E-state index contributed by atoms with van der Waals surface area (Å²) >= 11 is 0. The van der Waals surface area contributed by atoms with Crippen molar-refractivity contribution >= 4 is 11.6 Å². The number of phenolic OH excluding ortho intramolecular Hbond substituents is 4. The van der Waals surface area contributed by atoms with Gasteiger partial charge in [-0.05, 0) is 24.3 Å². The van der Waals surface area contributed by atoms with Crippen LogP contribution in [0.15, 0.2) is 60.7 Å². The van der Waals surface area contributed by atoms with Crippen LogP contribution in [0.5, 0.6) is 23.0 Å². The highest BCUT2D eigenvalue weighted by Gasteiger charge is 2.37. The highest BCUT2D eigenvalue weighted by molar-refractivity contribution is 6.00. The minimum atomic E-state index is -0.0500. The first-order chi connectivity index (χ1) is 15.4. The molecule has 1 amide bonds. The molecule has 7 nitrogen and oxygen atoms in total. The van der Waals surface area contributed by atoms with Gasteiger partial charge in [-0.15, -0.1) is 0 Å². The molecule has 0 unspecified atom stereocenters. The lowest BCUT2D eigenvalue weighted by atomic mass is 9.88. The van der Waals surface area contributed by atoms with E-state index in [9.17, 15) is 25.2 Å². The van der Waals surface area contributed by atoms with Crippen molar-refractivity contribution in [2.75, 3.05) is 31.1 Å². The lowest BCUT2D eigenvalue weighted by Crippen LogP contribution is -2.50. The third-order valence-corrected chi connectivity index (χ3v) is 6.43. The molecule has 0 aliphatic carbocycles. The number of hydrogen-bond acceptors (Lipinski definition) is 6. The van der Waals surface area contributed by atoms with Crippen LogP contribution in [0.3, 0.4) is 0 Å². The van der Waals surface area contributed by atoms with E-state index in [1.165, 1.54) is 12.1 Å². The number of benzene rings is 3. The Hall–Kier alpha value is -3.87. The molecule has 2 fully saturated rings. The van der Waals surface area contributed by atoms with Gasteiger partial charge in [-0.25, -0.2) is 0 Å². The Balaban J connectivity index is 1.27. The summed E-state index contributed by atoms with van der Waals surface area (Å²) in [7, 11) is 0. The first kappa shape index (κ1) is 20.1. The molecule has 2 aliphatic heterocycles. The summed E-state index contributed by atoms with van der Waals surface area (Å²) in [6.45, 7) is 2.37. The number of rotatable bonds is 4. The second-order valence-electron chi connectivity index (χ2n) is 8.51. The third kappa shape index (κ3) is 3.45. The largest absolute Gasteiger partial charge is 0.508 e. The topological polar surface area (TPSA) is 104 Å². The molecule has 0 atom stereocenters. The summed E-state index contributed by atoms with van der Waals surface area (Å²) in [5.41, 5.74) is 3.03. The number of hydrogen-bond donors (Lipinski definition) is 4. The lowest BCUT2D eigenvalue weighted by molar-refractivity contribution is 0.0600. The van der Waals surface area contributed by atoms with Crippen molar-refractivity contribution in [3.05, 3.63) is 77.4 Å². The Morgan fingerprint density at radius 1 is 0.719 bits per heavy atom. The maximum absolute atomic E-state index is 13.2. The zero-order valence-electron chi connectivity index (χ0n) is 17.3. The first-order valence-corrected chi connectivity index (χ1v) is 10.6. The number of phenols is 4. The number of carbonyl (C=O) groups excluding carboxylic acids is 1. The van der Waals surface area contributed by atoms with Crippen molar-refractivity contribution in [1.29, 1.82) is 0 Å². The molecule has 0 aromatic heterocycles. The molecular formula is C25H24N2O5. The Morgan fingerprint density at radius 2 is 1.25 bits per heavy atom. The fourth-order valence-corrected chi connectivity index (χ4v) is 4.57. The van der Waals surface area contributed by atoms with Crippen molar-refractivity contribution in [1.82, 2.24) is 4.90 Å². The van der Waals surface area contributed by atoms with Gasteiger partial charge >= 0.3 is 0 Å². The smallest absolute Gasteiger partial charge is 0.256 e. The van der Waals surface area contributed by atoms with E-state index in [0.29, 0.717) is 31.7 Å². The van der Waals surface area contributed by atoms with E-state index in [-0.39, 0.29) is 40.7 Å². The predicted molar refractivity (Wildman–Crippen MR) is 120 cm³/mol. The number of likely N-dealkylation sites (tertiary alicyclic amines) is 1. The zero-order valence-corrected chi connectivity index (χ0v) is 17.3. The van der Waals surface area contributed by atoms with E-state index >= 15 is 0 Å². The zero-order chi connectivity index (χ0) is 22.4. The Kier molecular flexibility index (Phi) is 4.81. The van der Waals surface area contributed by atoms with Gasteiger partial charge in [0, 0.05) is 67.0 Å². The van der Waals surface area contributed by atoms with Gasteiger partial charge in [0.1, 0.15) is 23.0 Å². The van der Waals surface area contributed by atoms with Crippen molar-refractivity contribution in [3.63, 3.8) is 0 Å². The van der Waals surface area contributed by atoms with Gasteiger partial charge in [0.15, 0.2) is 0 Å². The average Bonchev–Trinajstić information content (AvgIpc) is 2.69. The van der Waals surface area contributed by atoms with Crippen LogP contribution in [0.4, 0.5) is 5.69 Å².